The van der Waals surface area contributed by atoms with Crippen molar-refractivity contribution in [3.63, 3.8) is 0 Å². The summed E-state index contributed by atoms with van der Waals surface area (Å²) in [5.74, 6) is 0.650. The molecule has 0 fully saturated rings. The van der Waals surface area contributed by atoms with E-state index in [1.54, 1.807) is 23.9 Å². The van der Waals surface area contributed by atoms with Gasteiger partial charge in [0.05, 0.1) is 24.1 Å². The molecule has 2 aromatic heterocycles. The Kier molecular flexibility index (Phi) is 7.67. The van der Waals surface area contributed by atoms with Gasteiger partial charge >= 0.3 is 0 Å². The minimum Gasteiger partial charge on any atom is -0.479 e. The number of amides is 1. The van der Waals surface area contributed by atoms with Crippen LogP contribution in [0.15, 0.2) is 24.3 Å². The van der Waals surface area contributed by atoms with E-state index in [2.05, 4.69) is 16.1 Å². The number of carbonyl (C=O) groups is 1. The SMILES string of the molecule is COc1nn(C)c2nc(C)c(CCC(=O)N(CCN(C)C)Cc3ccc(C#N)cc3)c(C)c12. The largest absolute Gasteiger partial charge is 0.479 e. The molecule has 3 aromatic rings. The lowest BCUT2D eigenvalue weighted by atomic mass is 9.99. The molecule has 8 heteroatoms. The van der Waals surface area contributed by atoms with Crippen molar-refractivity contribution in [2.75, 3.05) is 34.3 Å². The number of ether oxygens (including phenoxy) is 1. The number of benzene rings is 1. The van der Waals surface area contributed by atoms with Crippen LogP contribution in [0.1, 0.15) is 34.4 Å². The number of pyridine rings is 1. The van der Waals surface area contributed by atoms with E-state index >= 15 is 0 Å². The molecule has 1 amide bonds. The molecule has 174 valence electrons. The lowest BCUT2D eigenvalue weighted by Crippen LogP contribution is -2.36. The van der Waals surface area contributed by atoms with Gasteiger partial charge in [0.1, 0.15) is 0 Å². The van der Waals surface area contributed by atoms with Gasteiger partial charge in [-0.05, 0) is 63.2 Å². The van der Waals surface area contributed by atoms with Crippen molar-refractivity contribution >= 4 is 16.9 Å². The number of aryl methyl sites for hydroxylation is 3. The molecular weight excluding hydrogens is 416 g/mol. The van der Waals surface area contributed by atoms with Crippen LogP contribution in [0.2, 0.25) is 0 Å². The van der Waals surface area contributed by atoms with E-state index < -0.39 is 0 Å². The Morgan fingerprint density at radius 2 is 1.88 bits per heavy atom. The predicted octanol–water partition coefficient (Wildman–Crippen LogP) is 2.99. The van der Waals surface area contributed by atoms with Crippen molar-refractivity contribution in [2.24, 2.45) is 7.05 Å². The second-order valence-corrected chi connectivity index (χ2v) is 8.56. The van der Waals surface area contributed by atoms with Crippen molar-refractivity contribution in [2.45, 2.75) is 33.2 Å². The summed E-state index contributed by atoms with van der Waals surface area (Å²) in [6.45, 7) is 5.95. The summed E-state index contributed by atoms with van der Waals surface area (Å²) in [5.41, 5.74) is 5.44. The Hall–Kier alpha value is -3.44. The molecule has 2 heterocycles. The number of likely N-dealkylation sites (N-methyl/N-ethyl adjacent to an activating group) is 1. The number of nitrogens with zero attached hydrogens (tertiary/aromatic N) is 6. The molecule has 0 unspecified atom stereocenters. The van der Waals surface area contributed by atoms with Crippen LogP contribution in [-0.2, 0) is 24.8 Å². The summed E-state index contributed by atoms with van der Waals surface area (Å²) in [6, 6.07) is 9.54. The normalized spacial score (nSPS) is 11.1. The fourth-order valence-electron chi connectivity index (χ4n) is 4.02. The molecule has 1 aromatic carbocycles. The summed E-state index contributed by atoms with van der Waals surface area (Å²) in [6.07, 6.45) is 0.991. The van der Waals surface area contributed by atoms with Gasteiger partial charge in [-0.15, -0.1) is 5.10 Å². The lowest BCUT2D eigenvalue weighted by molar-refractivity contribution is -0.131. The molecule has 0 aliphatic carbocycles. The second-order valence-electron chi connectivity index (χ2n) is 8.56. The third-order valence-electron chi connectivity index (χ3n) is 5.93. The summed E-state index contributed by atoms with van der Waals surface area (Å²) in [7, 11) is 7.46. The van der Waals surface area contributed by atoms with Crippen molar-refractivity contribution in [3.8, 4) is 11.9 Å². The van der Waals surface area contributed by atoms with Gasteiger partial charge in [-0.25, -0.2) is 9.67 Å². The zero-order valence-electron chi connectivity index (χ0n) is 20.3. The first-order valence-electron chi connectivity index (χ1n) is 11.0. The Balaban J connectivity index is 1.80. The molecule has 33 heavy (non-hydrogen) atoms. The topological polar surface area (TPSA) is 87.3 Å². The Labute approximate surface area is 195 Å². The first-order valence-corrected chi connectivity index (χ1v) is 11.0. The predicted molar refractivity (Wildman–Crippen MR) is 128 cm³/mol. The van der Waals surface area contributed by atoms with E-state index in [4.69, 9.17) is 15.0 Å². The van der Waals surface area contributed by atoms with E-state index in [-0.39, 0.29) is 5.91 Å². The molecule has 0 aliphatic rings. The van der Waals surface area contributed by atoms with Gasteiger partial charge in [-0.2, -0.15) is 5.26 Å². The number of hydrogen-bond acceptors (Lipinski definition) is 6. The summed E-state index contributed by atoms with van der Waals surface area (Å²) < 4.78 is 7.18. The maximum Gasteiger partial charge on any atom is 0.242 e. The Bertz CT molecular complexity index is 1170. The third kappa shape index (κ3) is 5.49. The third-order valence-corrected chi connectivity index (χ3v) is 5.93. The van der Waals surface area contributed by atoms with Gasteiger partial charge in [0.15, 0.2) is 5.65 Å². The number of carbonyl (C=O) groups excluding carboxylic acids is 1. The second kappa shape index (κ2) is 10.5. The Morgan fingerprint density at radius 3 is 2.48 bits per heavy atom. The minimum absolute atomic E-state index is 0.0956. The average Bonchev–Trinajstić information content (AvgIpc) is 3.12. The van der Waals surface area contributed by atoms with E-state index in [0.29, 0.717) is 37.4 Å². The quantitative estimate of drug-likeness (QED) is 0.500. The highest BCUT2D eigenvalue weighted by Gasteiger charge is 2.20. The van der Waals surface area contributed by atoms with Crippen LogP contribution in [0.3, 0.4) is 0 Å². The zero-order valence-corrected chi connectivity index (χ0v) is 20.3. The molecule has 0 spiro atoms. The van der Waals surface area contributed by atoms with Gasteiger partial charge in [0.2, 0.25) is 11.8 Å². The van der Waals surface area contributed by atoms with Gasteiger partial charge in [-0.1, -0.05) is 12.1 Å². The van der Waals surface area contributed by atoms with E-state index in [1.165, 1.54) is 0 Å². The molecule has 0 aliphatic heterocycles. The van der Waals surface area contributed by atoms with Crippen LogP contribution in [0, 0.1) is 25.2 Å². The molecular formula is C25H32N6O2. The standard InChI is InChI=1S/C25H32N6O2/c1-17-21(18(2)27-24-23(17)25(33-6)28-30(24)5)11-12-22(32)31(14-13-29(3)4)16-20-9-7-19(15-26)8-10-20/h7-10H,11-14,16H2,1-6H3. The van der Waals surface area contributed by atoms with E-state index in [0.717, 1.165) is 40.0 Å². The van der Waals surface area contributed by atoms with Gasteiger partial charge < -0.3 is 14.5 Å². The summed E-state index contributed by atoms with van der Waals surface area (Å²) in [5, 5.41) is 14.3. The van der Waals surface area contributed by atoms with E-state index in [9.17, 15) is 4.79 Å². The first-order chi connectivity index (χ1) is 15.7. The molecule has 3 rings (SSSR count). The maximum absolute atomic E-state index is 13.3. The van der Waals surface area contributed by atoms with Crippen molar-refractivity contribution in [1.82, 2.24) is 24.6 Å². The molecule has 0 atom stereocenters. The van der Waals surface area contributed by atoms with Gasteiger partial charge in [0.25, 0.3) is 0 Å². The van der Waals surface area contributed by atoms with Crippen LogP contribution in [0.4, 0.5) is 0 Å². The summed E-state index contributed by atoms with van der Waals surface area (Å²) >= 11 is 0. The number of methoxy groups -OCH3 is 1. The highest BCUT2D eigenvalue weighted by atomic mass is 16.5. The monoisotopic (exact) mass is 448 g/mol. The van der Waals surface area contributed by atoms with Gasteiger partial charge in [-0.3, -0.25) is 4.79 Å². The van der Waals surface area contributed by atoms with Crippen molar-refractivity contribution in [3.05, 3.63) is 52.2 Å². The lowest BCUT2D eigenvalue weighted by Gasteiger charge is -2.25. The fraction of sp³-hybridized carbons (Fsp3) is 0.440. The molecule has 0 N–H and O–H groups in total. The molecule has 8 nitrogen and oxygen atoms in total. The highest BCUT2D eigenvalue weighted by Crippen LogP contribution is 2.30. The molecule has 0 bridgehead atoms. The van der Waals surface area contributed by atoms with Crippen LogP contribution in [0.25, 0.3) is 11.0 Å². The summed E-state index contributed by atoms with van der Waals surface area (Å²) in [4.78, 5) is 22.0. The fourth-order valence-corrected chi connectivity index (χ4v) is 4.02. The molecule has 0 radical (unpaired) electrons. The zero-order chi connectivity index (χ0) is 24.1. The molecule has 0 saturated heterocycles. The van der Waals surface area contributed by atoms with Crippen LogP contribution < -0.4 is 4.74 Å². The maximum atomic E-state index is 13.3. The molecule has 0 saturated carbocycles. The number of fused-ring (bicyclic) bond motifs is 1. The highest BCUT2D eigenvalue weighted by molar-refractivity contribution is 5.86. The number of nitriles is 1. The number of aromatic nitrogens is 3. The van der Waals surface area contributed by atoms with Crippen molar-refractivity contribution in [1.29, 1.82) is 5.26 Å². The Morgan fingerprint density at radius 1 is 1.18 bits per heavy atom. The average molecular weight is 449 g/mol. The minimum atomic E-state index is 0.0956. The van der Waals surface area contributed by atoms with E-state index in [1.807, 2.05) is 52.0 Å². The smallest absolute Gasteiger partial charge is 0.242 e. The number of rotatable bonds is 9. The van der Waals surface area contributed by atoms with Crippen LogP contribution in [0.5, 0.6) is 5.88 Å². The van der Waals surface area contributed by atoms with Crippen LogP contribution in [-0.4, -0.2) is 64.8 Å². The van der Waals surface area contributed by atoms with Crippen LogP contribution >= 0.6 is 0 Å². The van der Waals surface area contributed by atoms with Crippen molar-refractivity contribution < 1.29 is 9.53 Å². The first kappa shape index (κ1) is 24.2. The number of hydrogen-bond donors (Lipinski definition) is 0. The van der Waals surface area contributed by atoms with Gasteiger partial charge in [0, 0.05) is 38.8 Å².